The van der Waals surface area contributed by atoms with E-state index in [0.29, 0.717) is 17.2 Å². The Morgan fingerprint density at radius 1 is 1.00 bits per heavy atom. The lowest BCUT2D eigenvalue weighted by Gasteiger charge is -2.25. The molecule has 3 aromatic rings. The van der Waals surface area contributed by atoms with Gasteiger partial charge in [-0.25, -0.2) is 0 Å². The number of carbonyl (C=O) groups is 2. The number of Topliss-reactive ketones (excluding diaryl/α,β-unsaturated/α-hetero) is 1. The lowest BCUT2D eigenvalue weighted by atomic mass is 9.97. The highest BCUT2D eigenvalue weighted by Gasteiger charge is 2.48. The molecule has 0 aliphatic carbocycles. The summed E-state index contributed by atoms with van der Waals surface area (Å²) in [6.07, 6.45) is 0. The zero-order chi connectivity index (χ0) is 23.0. The Morgan fingerprint density at radius 3 is 2.31 bits per heavy atom. The molecule has 1 N–H and O–H groups in total. The van der Waals surface area contributed by atoms with Crippen LogP contribution in [-0.4, -0.2) is 31.0 Å². The molecule has 1 aliphatic heterocycles. The molecule has 1 unspecified atom stereocenters. The van der Waals surface area contributed by atoms with Gasteiger partial charge in [-0.1, -0.05) is 17.7 Å². The van der Waals surface area contributed by atoms with Gasteiger partial charge in [0.15, 0.2) is 0 Å². The van der Waals surface area contributed by atoms with Gasteiger partial charge in [0, 0.05) is 10.6 Å². The molecule has 2 aromatic carbocycles. The molecule has 2 heterocycles. The van der Waals surface area contributed by atoms with Crippen LogP contribution in [0.25, 0.3) is 5.76 Å². The summed E-state index contributed by atoms with van der Waals surface area (Å²) >= 11 is 1.44. The van der Waals surface area contributed by atoms with Crippen LogP contribution in [0.2, 0.25) is 0 Å². The van der Waals surface area contributed by atoms with E-state index < -0.39 is 17.7 Å². The zero-order valence-electron chi connectivity index (χ0n) is 18.2. The number of rotatable bonds is 5. The van der Waals surface area contributed by atoms with Crippen LogP contribution in [0.5, 0.6) is 11.5 Å². The summed E-state index contributed by atoms with van der Waals surface area (Å²) in [5, 5.41) is 13.3. The smallest absolute Gasteiger partial charge is 0.300 e. The van der Waals surface area contributed by atoms with Crippen molar-refractivity contribution >= 4 is 34.5 Å². The SMILES string of the molecule is COc1ccc(OC)c(/C(O)=C2\C(=O)C(=O)N(c3ccc(C)cc3)C2c2sccc2C)c1. The summed E-state index contributed by atoms with van der Waals surface area (Å²) in [5.74, 6) is -0.872. The summed E-state index contributed by atoms with van der Waals surface area (Å²) in [4.78, 5) is 28.7. The Morgan fingerprint density at radius 2 is 1.72 bits per heavy atom. The minimum absolute atomic E-state index is 0.0210. The third-order valence-corrected chi connectivity index (χ3v) is 6.64. The summed E-state index contributed by atoms with van der Waals surface area (Å²) in [5.41, 5.74) is 2.87. The second-order valence-corrected chi connectivity index (χ2v) is 8.49. The highest BCUT2D eigenvalue weighted by Crippen LogP contribution is 2.46. The number of amides is 1. The normalized spacial score (nSPS) is 17.6. The van der Waals surface area contributed by atoms with Crippen molar-refractivity contribution in [3.63, 3.8) is 0 Å². The van der Waals surface area contributed by atoms with Gasteiger partial charge in [0.05, 0.1) is 25.4 Å². The van der Waals surface area contributed by atoms with Crippen molar-refractivity contribution in [1.82, 2.24) is 0 Å². The number of hydrogen-bond donors (Lipinski definition) is 1. The third kappa shape index (κ3) is 3.54. The van der Waals surface area contributed by atoms with E-state index in [0.717, 1.165) is 16.0 Å². The lowest BCUT2D eigenvalue weighted by molar-refractivity contribution is -0.132. The summed E-state index contributed by atoms with van der Waals surface area (Å²) < 4.78 is 10.7. The Bertz CT molecular complexity index is 1230. The van der Waals surface area contributed by atoms with Crippen LogP contribution in [-0.2, 0) is 9.59 Å². The lowest BCUT2D eigenvalue weighted by Crippen LogP contribution is -2.29. The molecular weight excluding hydrogens is 426 g/mol. The first-order valence-electron chi connectivity index (χ1n) is 10.0. The first-order chi connectivity index (χ1) is 15.4. The molecule has 0 radical (unpaired) electrons. The van der Waals surface area contributed by atoms with Gasteiger partial charge < -0.3 is 14.6 Å². The van der Waals surface area contributed by atoms with E-state index in [2.05, 4.69) is 0 Å². The topological polar surface area (TPSA) is 76.1 Å². The third-order valence-electron chi connectivity index (χ3n) is 5.57. The van der Waals surface area contributed by atoms with E-state index in [9.17, 15) is 14.7 Å². The number of anilines is 1. The van der Waals surface area contributed by atoms with E-state index >= 15 is 0 Å². The van der Waals surface area contributed by atoms with Gasteiger partial charge in [-0.15, -0.1) is 11.3 Å². The van der Waals surface area contributed by atoms with Gasteiger partial charge in [-0.2, -0.15) is 0 Å². The maximum atomic E-state index is 13.3. The van der Waals surface area contributed by atoms with E-state index in [1.165, 1.54) is 30.5 Å². The molecule has 7 heteroatoms. The number of hydrogen-bond acceptors (Lipinski definition) is 6. The van der Waals surface area contributed by atoms with Crippen molar-refractivity contribution < 1.29 is 24.2 Å². The molecule has 0 saturated carbocycles. The quantitative estimate of drug-likeness (QED) is 0.337. The predicted octanol–water partition coefficient (Wildman–Crippen LogP) is 5.01. The summed E-state index contributed by atoms with van der Waals surface area (Å²) in [6, 6.07) is 13.5. The molecule has 1 aromatic heterocycles. The van der Waals surface area contributed by atoms with Crippen molar-refractivity contribution in [2.24, 2.45) is 0 Å². The number of carbonyl (C=O) groups excluding carboxylic acids is 2. The van der Waals surface area contributed by atoms with Crippen molar-refractivity contribution in [2.45, 2.75) is 19.9 Å². The van der Waals surface area contributed by atoms with Crippen molar-refractivity contribution in [1.29, 1.82) is 0 Å². The van der Waals surface area contributed by atoms with Crippen molar-refractivity contribution in [3.8, 4) is 11.5 Å². The van der Waals surface area contributed by atoms with Gasteiger partial charge >= 0.3 is 0 Å². The van der Waals surface area contributed by atoms with Crippen LogP contribution in [0.15, 0.2) is 59.5 Å². The zero-order valence-corrected chi connectivity index (χ0v) is 19.0. The molecule has 1 amide bonds. The van der Waals surface area contributed by atoms with E-state index in [1.54, 1.807) is 18.2 Å². The van der Waals surface area contributed by atoms with Crippen LogP contribution in [0.3, 0.4) is 0 Å². The van der Waals surface area contributed by atoms with E-state index in [1.807, 2.05) is 49.6 Å². The highest BCUT2D eigenvalue weighted by molar-refractivity contribution is 7.10. The molecule has 1 atom stereocenters. The van der Waals surface area contributed by atoms with Crippen molar-refractivity contribution in [3.05, 3.63) is 81.1 Å². The number of aliphatic hydroxyl groups is 1. The average Bonchev–Trinajstić information content (AvgIpc) is 3.33. The second kappa shape index (κ2) is 8.51. The number of nitrogens with zero attached hydrogens (tertiary/aromatic N) is 1. The number of methoxy groups -OCH3 is 2. The monoisotopic (exact) mass is 449 g/mol. The van der Waals surface area contributed by atoms with Gasteiger partial charge in [-0.05, 0) is 61.2 Å². The predicted molar refractivity (Wildman–Crippen MR) is 125 cm³/mol. The molecule has 164 valence electrons. The Labute approximate surface area is 190 Å². The number of aliphatic hydroxyl groups excluding tert-OH is 1. The first kappa shape index (κ1) is 21.6. The number of aryl methyl sites for hydroxylation is 2. The average molecular weight is 450 g/mol. The second-order valence-electron chi connectivity index (χ2n) is 7.54. The van der Waals surface area contributed by atoms with E-state index in [4.69, 9.17) is 9.47 Å². The first-order valence-corrected chi connectivity index (χ1v) is 10.9. The maximum Gasteiger partial charge on any atom is 0.300 e. The Balaban J connectivity index is 1.98. The largest absolute Gasteiger partial charge is 0.507 e. The van der Waals surface area contributed by atoms with Crippen LogP contribution >= 0.6 is 11.3 Å². The Hall–Kier alpha value is -3.58. The Kier molecular flexibility index (Phi) is 5.76. The molecule has 1 fully saturated rings. The maximum absolute atomic E-state index is 13.3. The van der Waals surface area contributed by atoms with E-state index in [-0.39, 0.29) is 16.9 Å². The molecule has 1 saturated heterocycles. The van der Waals surface area contributed by atoms with Crippen molar-refractivity contribution in [2.75, 3.05) is 19.1 Å². The molecular formula is C25H23NO5S. The fraction of sp³-hybridized carbons (Fsp3) is 0.200. The van der Waals surface area contributed by atoms with Crippen LogP contribution in [0.1, 0.15) is 27.6 Å². The molecule has 1 aliphatic rings. The minimum Gasteiger partial charge on any atom is -0.507 e. The van der Waals surface area contributed by atoms with Gasteiger partial charge in [-0.3, -0.25) is 14.5 Å². The number of thiophene rings is 1. The summed E-state index contributed by atoms with van der Waals surface area (Å²) in [6.45, 7) is 3.88. The van der Waals surface area contributed by atoms with Crippen LogP contribution in [0, 0.1) is 13.8 Å². The molecule has 32 heavy (non-hydrogen) atoms. The van der Waals surface area contributed by atoms with Gasteiger partial charge in [0.2, 0.25) is 0 Å². The molecule has 4 rings (SSSR count). The van der Waals surface area contributed by atoms with Gasteiger partial charge in [0.25, 0.3) is 11.7 Å². The highest BCUT2D eigenvalue weighted by atomic mass is 32.1. The minimum atomic E-state index is -0.756. The molecule has 0 spiro atoms. The fourth-order valence-electron chi connectivity index (χ4n) is 3.86. The van der Waals surface area contributed by atoms with Gasteiger partial charge in [0.1, 0.15) is 23.3 Å². The molecule has 0 bridgehead atoms. The number of ether oxygens (including phenoxy) is 2. The summed E-state index contributed by atoms with van der Waals surface area (Å²) in [7, 11) is 2.99. The standard InChI is InChI=1S/C25H23NO5S/c1-14-5-7-16(8-6-14)26-21(24-15(2)11-12-32-24)20(23(28)25(26)29)22(27)18-13-17(30-3)9-10-19(18)31-4/h5-13,21,27H,1-4H3/b22-20+. The molecule has 6 nitrogen and oxygen atoms in total. The fourth-order valence-corrected chi connectivity index (χ4v) is 4.89. The number of ketones is 1. The number of benzene rings is 2. The van der Waals surface area contributed by atoms with Crippen LogP contribution < -0.4 is 14.4 Å². The van der Waals surface area contributed by atoms with Crippen LogP contribution in [0.4, 0.5) is 5.69 Å².